The third-order valence-corrected chi connectivity index (χ3v) is 3.27. The SMILES string of the molecule is Cc1ccc(C(=O)NN/C=C2\CC=CCC2)c(C)c1. The van der Waals surface area contributed by atoms with Gasteiger partial charge in [-0.25, -0.2) is 0 Å². The Morgan fingerprint density at radius 1 is 1.26 bits per heavy atom. The summed E-state index contributed by atoms with van der Waals surface area (Å²) in [7, 11) is 0. The number of aryl methyl sites for hydroxylation is 2. The summed E-state index contributed by atoms with van der Waals surface area (Å²) in [4.78, 5) is 12.0. The molecule has 0 spiro atoms. The minimum Gasteiger partial charge on any atom is -0.306 e. The first kappa shape index (κ1) is 13.4. The van der Waals surface area contributed by atoms with Crippen LogP contribution in [0.25, 0.3) is 0 Å². The van der Waals surface area contributed by atoms with Gasteiger partial charge in [-0.1, -0.05) is 29.8 Å². The van der Waals surface area contributed by atoms with Crippen molar-refractivity contribution in [2.24, 2.45) is 0 Å². The molecule has 1 aliphatic rings. The zero-order valence-corrected chi connectivity index (χ0v) is 11.5. The van der Waals surface area contributed by atoms with Crippen LogP contribution in [0.3, 0.4) is 0 Å². The molecule has 0 radical (unpaired) electrons. The summed E-state index contributed by atoms with van der Waals surface area (Å²) in [6, 6.07) is 5.82. The molecule has 0 bridgehead atoms. The number of hydrogen-bond acceptors (Lipinski definition) is 2. The highest BCUT2D eigenvalue weighted by atomic mass is 16.2. The molecule has 1 aromatic rings. The average Bonchev–Trinajstić information content (AvgIpc) is 2.39. The van der Waals surface area contributed by atoms with Crippen LogP contribution in [0, 0.1) is 13.8 Å². The standard InChI is InChI=1S/C16H20N2O/c1-12-8-9-15(13(2)10-12)16(19)18-17-11-14-6-4-3-5-7-14/h3-4,8-11,17H,5-7H2,1-2H3,(H,18,19)/b14-11+. The molecule has 3 nitrogen and oxygen atoms in total. The van der Waals surface area contributed by atoms with Gasteiger partial charge in [-0.05, 0) is 50.3 Å². The lowest BCUT2D eigenvalue weighted by molar-refractivity contribution is 0.0940. The van der Waals surface area contributed by atoms with Gasteiger partial charge in [0.05, 0.1) is 0 Å². The van der Waals surface area contributed by atoms with Crippen LogP contribution in [0.15, 0.2) is 42.1 Å². The number of carbonyl (C=O) groups excluding carboxylic acids is 1. The zero-order valence-electron chi connectivity index (χ0n) is 11.5. The van der Waals surface area contributed by atoms with Gasteiger partial charge in [-0.3, -0.25) is 10.2 Å². The van der Waals surface area contributed by atoms with E-state index in [1.54, 1.807) is 0 Å². The first-order chi connectivity index (χ1) is 9.16. The summed E-state index contributed by atoms with van der Waals surface area (Å²) in [5.74, 6) is -0.0966. The van der Waals surface area contributed by atoms with E-state index in [1.165, 1.54) is 5.57 Å². The van der Waals surface area contributed by atoms with Crippen LogP contribution in [0.5, 0.6) is 0 Å². The second kappa shape index (κ2) is 6.23. The molecule has 0 fully saturated rings. The fourth-order valence-electron chi connectivity index (χ4n) is 2.19. The number of hydrazine groups is 1. The van der Waals surface area contributed by atoms with Crippen molar-refractivity contribution in [3.63, 3.8) is 0 Å². The highest BCUT2D eigenvalue weighted by Gasteiger charge is 2.07. The van der Waals surface area contributed by atoms with Gasteiger partial charge in [-0.2, -0.15) is 0 Å². The van der Waals surface area contributed by atoms with Crippen molar-refractivity contribution < 1.29 is 4.79 Å². The molecule has 0 heterocycles. The normalized spacial score (nSPS) is 16.4. The van der Waals surface area contributed by atoms with Gasteiger partial charge in [0, 0.05) is 11.8 Å². The van der Waals surface area contributed by atoms with E-state index in [0.717, 1.165) is 30.4 Å². The van der Waals surface area contributed by atoms with Crippen LogP contribution in [0.1, 0.15) is 40.7 Å². The minimum atomic E-state index is -0.0966. The van der Waals surface area contributed by atoms with Crippen molar-refractivity contribution >= 4 is 5.91 Å². The quantitative estimate of drug-likeness (QED) is 0.644. The van der Waals surface area contributed by atoms with Gasteiger partial charge in [0.15, 0.2) is 0 Å². The first-order valence-corrected chi connectivity index (χ1v) is 6.63. The van der Waals surface area contributed by atoms with Crippen molar-refractivity contribution in [1.29, 1.82) is 0 Å². The highest BCUT2D eigenvalue weighted by molar-refractivity contribution is 5.95. The first-order valence-electron chi connectivity index (χ1n) is 6.63. The second-order valence-corrected chi connectivity index (χ2v) is 4.93. The summed E-state index contributed by atoms with van der Waals surface area (Å²) in [5.41, 5.74) is 9.79. The van der Waals surface area contributed by atoms with Gasteiger partial charge in [0.1, 0.15) is 0 Å². The molecule has 0 unspecified atom stereocenters. The van der Waals surface area contributed by atoms with Crippen molar-refractivity contribution in [3.05, 3.63) is 58.8 Å². The number of benzene rings is 1. The molecule has 1 aromatic carbocycles. The van der Waals surface area contributed by atoms with E-state index in [4.69, 9.17) is 0 Å². The molecule has 2 N–H and O–H groups in total. The van der Waals surface area contributed by atoms with E-state index < -0.39 is 0 Å². The number of carbonyl (C=O) groups is 1. The van der Waals surface area contributed by atoms with Crippen LogP contribution in [-0.2, 0) is 0 Å². The van der Waals surface area contributed by atoms with Crippen molar-refractivity contribution in [1.82, 2.24) is 10.9 Å². The molecular weight excluding hydrogens is 236 g/mol. The fourth-order valence-corrected chi connectivity index (χ4v) is 2.19. The molecule has 1 amide bonds. The number of nitrogens with one attached hydrogen (secondary N) is 2. The predicted molar refractivity (Wildman–Crippen MR) is 77.6 cm³/mol. The number of hydrogen-bond donors (Lipinski definition) is 2. The maximum absolute atomic E-state index is 12.0. The van der Waals surface area contributed by atoms with Gasteiger partial charge in [-0.15, -0.1) is 0 Å². The Morgan fingerprint density at radius 2 is 2.11 bits per heavy atom. The Hall–Kier alpha value is -2.03. The fraction of sp³-hybridized carbons (Fsp3) is 0.312. The summed E-state index contributed by atoms with van der Waals surface area (Å²) >= 11 is 0. The topological polar surface area (TPSA) is 41.1 Å². The lowest BCUT2D eigenvalue weighted by Crippen LogP contribution is -2.34. The number of amides is 1. The van der Waals surface area contributed by atoms with Crippen LogP contribution in [0.4, 0.5) is 0 Å². The van der Waals surface area contributed by atoms with E-state index in [0.29, 0.717) is 5.56 Å². The zero-order chi connectivity index (χ0) is 13.7. The molecule has 0 saturated carbocycles. The highest BCUT2D eigenvalue weighted by Crippen LogP contribution is 2.15. The molecule has 0 saturated heterocycles. The van der Waals surface area contributed by atoms with E-state index in [1.807, 2.05) is 38.2 Å². The van der Waals surface area contributed by atoms with Gasteiger partial charge in [0.25, 0.3) is 5.91 Å². The Balaban J connectivity index is 1.92. The Morgan fingerprint density at radius 3 is 2.79 bits per heavy atom. The van der Waals surface area contributed by atoms with Crippen LogP contribution >= 0.6 is 0 Å². The third-order valence-electron chi connectivity index (χ3n) is 3.27. The molecule has 1 aliphatic carbocycles. The van der Waals surface area contributed by atoms with E-state index >= 15 is 0 Å². The van der Waals surface area contributed by atoms with E-state index in [9.17, 15) is 4.79 Å². The summed E-state index contributed by atoms with van der Waals surface area (Å²) in [6.07, 6.45) is 9.34. The number of allylic oxidation sites excluding steroid dienone is 3. The lowest BCUT2D eigenvalue weighted by Gasteiger charge is -2.11. The predicted octanol–water partition coefficient (Wildman–Crippen LogP) is 3.16. The monoisotopic (exact) mass is 256 g/mol. The van der Waals surface area contributed by atoms with Crippen molar-refractivity contribution in [3.8, 4) is 0 Å². The average molecular weight is 256 g/mol. The molecule has 3 heteroatoms. The smallest absolute Gasteiger partial charge is 0.269 e. The molecule has 2 rings (SSSR count). The summed E-state index contributed by atoms with van der Waals surface area (Å²) in [5, 5.41) is 0. The van der Waals surface area contributed by atoms with Crippen molar-refractivity contribution in [2.75, 3.05) is 0 Å². The maximum Gasteiger partial charge on any atom is 0.269 e. The Bertz CT molecular complexity index is 530. The van der Waals surface area contributed by atoms with Gasteiger partial charge < -0.3 is 5.43 Å². The molecular formula is C16H20N2O. The second-order valence-electron chi connectivity index (χ2n) is 4.93. The summed E-state index contributed by atoms with van der Waals surface area (Å²) < 4.78 is 0. The molecule has 100 valence electrons. The Kier molecular flexibility index (Phi) is 4.39. The Labute approximate surface area is 114 Å². The van der Waals surface area contributed by atoms with E-state index in [-0.39, 0.29) is 5.91 Å². The van der Waals surface area contributed by atoms with Crippen LogP contribution in [0.2, 0.25) is 0 Å². The van der Waals surface area contributed by atoms with Crippen LogP contribution in [-0.4, -0.2) is 5.91 Å². The van der Waals surface area contributed by atoms with Crippen molar-refractivity contribution in [2.45, 2.75) is 33.1 Å². The van der Waals surface area contributed by atoms with Crippen LogP contribution < -0.4 is 10.9 Å². The number of rotatable bonds is 3. The molecule has 19 heavy (non-hydrogen) atoms. The van der Waals surface area contributed by atoms with Gasteiger partial charge >= 0.3 is 0 Å². The lowest BCUT2D eigenvalue weighted by atomic mass is 10.0. The maximum atomic E-state index is 12.0. The minimum absolute atomic E-state index is 0.0966. The molecule has 0 aromatic heterocycles. The third kappa shape index (κ3) is 3.71. The van der Waals surface area contributed by atoms with E-state index in [2.05, 4.69) is 23.0 Å². The largest absolute Gasteiger partial charge is 0.306 e. The molecule has 0 aliphatic heterocycles. The summed E-state index contributed by atoms with van der Waals surface area (Å²) in [6.45, 7) is 3.97. The molecule has 0 atom stereocenters. The van der Waals surface area contributed by atoms with Gasteiger partial charge in [0.2, 0.25) is 0 Å².